The normalized spacial score (nSPS) is 31.4. The molecule has 0 aromatic carbocycles. The number of carboxylic acid groups (broad SMARTS) is 1. The molecule has 2 atom stereocenters. The predicted molar refractivity (Wildman–Crippen MR) is 55.8 cm³/mol. The van der Waals surface area contributed by atoms with Gasteiger partial charge in [0.15, 0.2) is 6.10 Å². The van der Waals surface area contributed by atoms with Crippen LogP contribution in [0, 0.1) is 0 Å². The van der Waals surface area contributed by atoms with Gasteiger partial charge >= 0.3 is 5.97 Å². The van der Waals surface area contributed by atoms with Crippen molar-refractivity contribution in [1.82, 2.24) is 4.98 Å². The topological polar surface area (TPSA) is 59.4 Å². The first kappa shape index (κ1) is 10.6. The number of hydrogen-bond donors (Lipinski definition) is 1. The van der Waals surface area contributed by atoms with E-state index in [0.717, 1.165) is 17.8 Å². The van der Waals surface area contributed by atoms with E-state index in [9.17, 15) is 4.79 Å². The molecule has 1 aromatic rings. The summed E-state index contributed by atoms with van der Waals surface area (Å²) in [5.74, 6) is -0.877. The number of rotatable bonds is 2. The van der Waals surface area contributed by atoms with E-state index in [1.165, 1.54) is 11.3 Å². The second-order valence-electron chi connectivity index (χ2n) is 3.91. The lowest BCUT2D eigenvalue weighted by Gasteiger charge is -2.35. The van der Waals surface area contributed by atoms with E-state index in [0.29, 0.717) is 6.42 Å². The number of carboxylic acids is 1. The van der Waals surface area contributed by atoms with Gasteiger partial charge in [-0.25, -0.2) is 9.78 Å². The monoisotopic (exact) mass is 227 g/mol. The lowest BCUT2D eigenvalue weighted by Crippen LogP contribution is -2.39. The zero-order chi connectivity index (χ0) is 10.9. The lowest BCUT2D eigenvalue weighted by molar-refractivity contribution is -0.174. The van der Waals surface area contributed by atoms with Gasteiger partial charge in [-0.1, -0.05) is 0 Å². The molecule has 0 aliphatic carbocycles. The highest BCUT2D eigenvalue weighted by atomic mass is 32.1. The van der Waals surface area contributed by atoms with Crippen LogP contribution in [0.2, 0.25) is 0 Å². The Labute approximate surface area is 91.9 Å². The Balaban J connectivity index is 2.18. The Kier molecular flexibility index (Phi) is 2.75. The van der Waals surface area contributed by atoms with Crippen LogP contribution in [0.1, 0.15) is 31.2 Å². The van der Waals surface area contributed by atoms with Crippen LogP contribution in [0.25, 0.3) is 0 Å². The summed E-state index contributed by atoms with van der Waals surface area (Å²) in [5.41, 5.74) is -0.518. The molecule has 1 N–H and O–H groups in total. The molecule has 1 saturated heterocycles. The van der Waals surface area contributed by atoms with Crippen molar-refractivity contribution in [2.24, 2.45) is 0 Å². The average Bonchev–Trinajstić information content (AvgIpc) is 2.71. The van der Waals surface area contributed by atoms with Gasteiger partial charge in [-0.2, -0.15) is 0 Å². The molecule has 2 rings (SSSR count). The first-order chi connectivity index (χ1) is 7.12. The summed E-state index contributed by atoms with van der Waals surface area (Å²) in [6.45, 7) is 1.92. The van der Waals surface area contributed by atoms with E-state index in [2.05, 4.69) is 4.98 Å². The molecule has 4 nitrogen and oxygen atoms in total. The van der Waals surface area contributed by atoms with Crippen molar-refractivity contribution in [3.05, 3.63) is 16.6 Å². The SMILES string of the molecule is CC1(c2nccs2)CCCC(C(=O)O)O1. The second kappa shape index (κ2) is 3.90. The second-order valence-corrected chi connectivity index (χ2v) is 4.80. The third-order valence-electron chi connectivity index (χ3n) is 2.68. The van der Waals surface area contributed by atoms with Gasteiger partial charge < -0.3 is 9.84 Å². The molecule has 1 aliphatic heterocycles. The summed E-state index contributed by atoms with van der Waals surface area (Å²) in [4.78, 5) is 15.1. The molecule has 0 bridgehead atoms. The van der Waals surface area contributed by atoms with Gasteiger partial charge in [0.25, 0.3) is 0 Å². The van der Waals surface area contributed by atoms with Gasteiger partial charge in [0, 0.05) is 11.6 Å². The highest BCUT2D eigenvalue weighted by molar-refractivity contribution is 7.09. The van der Waals surface area contributed by atoms with Crippen LogP contribution in [-0.2, 0) is 15.1 Å². The molecule has 1 fully saturated rings. The number of thiazole rings is 1. The van der Waals surface area contributed by atoms with E-state index < -0.39 is 17.7 Å². The van der Waals surface area contributed by atoms with Crippen molar-refractivity contribution >= 4 is 17.3 Å². The smallest absolute Gasteiger partial charge is 0.332 e. The Bertz CT molecular complexity index is 352. The molecule has 0 radical (unpaired) electrons. The van der Waals surface area contributed by atoms with Crippen LogP contribution in [0.15, 0.2) is 11.6 Å². The number of aromatic nitrogens is 1. The molecule has 2 heterocycles. The van der Waals surface area contributed by atoms with Crippen molar-refractivity contribution in [3.63, 3.8) is 0 Å². The molecule has 0 saturated carbocycles. The number of hydrogen-bond acceptors (Lipinski definition) is 4. The quantitative estimate of drug-likeness (QED) is 0.839. The highest BCUT2D eigenvalue weighted by Gasteiger charge is 2.39. The molecular weight excluding hydrogens is 214 g/mol. The summed E-state index contributed by atoms with van der Waals surface area (Å²) >= 11 is 1.51. The number of ether oxygens (including phenoxy) is 1. The van der Waals surface area contributed by atoms with Gasteiger partial charge in [0.2, 0.25) is 0 Å². The van der Waals surface area contributed by atoms with Crippen molar-refractivity contribution in [2.75, 3.05) is 0 Å². The summed E-state index contributed by atoms with van der Waals surface area (Å²) in [6.07, 6.45) is 3.33. The van der Waals surface area contributed by atoms with E-state index in [4.69, 9.17) is 9.84 Å². The number of nitrogens with zero attached hydrogens (tertiary/aromatic N) is 1. The molecular formula is C10H13NO3S. The van der Waals surface area contributed by atoms with Gasteiger partial charge in [-0.3, -0.25) is 0 Å². The van der Waals surface area contributed by atoms with Crippen LogP contribution in [0.5, 0.6) is 0 Å². The molecule has 0 spiro atoms. The maximum Gasteiger partial charge on any atom is 0.332 e. The third-order valence-corrected chi connectivity index (χ3v) is 3.70. The molecule has 1 aromatic heterocycles. The van der Waals surface area contributed by atoms with E-state index in [1.807, 2.05) is 12.3 Å². The summed E-state index contributed by atoms with van der Waals surface area (Å²) < 4.78 is 5.63. The summed E-state index contributed by atoms with van der Waals surface area (Å²) in [5, 5.41) is 11.7. The highest BCUT2D eigenvalue weighted by Crippen LogP contribution is 2.38. The lowest BCUT2D eigenvalue weighted by atomic mass is 9.94. The van der Waals surface area contributed by atoms with Crippen LogP contribution in [0.4, 0.5) is 0 Å². The minimum Gasteiger partial charge on any atom is -0.479 e. The fourth-order valence-corrected chi connectivity index (χ4v) is 2.64. The Morgan fingerprint density at radius 1 is 1.80 bits per heavy atom. The van der Waals surface area contributed by atoms with Crippen LogP contribution in [-0.4, -0.2) is 22.2 Å². The first-order valence-corrected chi connectivity index (χ1v) is 5.80. The molecule has 0 amide bonds. The zero-order valence-corrected chi connectivity index (χ0v) is 9.29. The van der Waals surface area contributed by atoms with Crippen LogP contribution >= 0.6 is 11.3 Å². The van der Waals surface area contributed by atoms with Gasteiger partial charge in [0.1, 0.15) is 10.6 Å². The van der Waals surface area contributed by atoms with E-state index in [-0.39, 0.29) is 0 Å². The number of carbonyl (C=O) groups is 1. The maximum atomic E-state index is 10.9. The predicted octanol–water partition coefficient (Wildman–Crippen LogP) is 2.01. The molecule has 15 heavy (non-hydrogen) atoms. The van der Waals surface area contributed by atoms with Crippen molar-refractivity contribution in [3.8, 4) is 0 Å². The fourth-order valence-electron chi connectivity index (χ4n) is 1.87. The largest absolute Gasteiger partial charge is 0.479 e. The zero-order valence-electron chi connectivity index (χ0n) is 8.47. The molecule has 2 unspecified atom stereocenters. The summed E-state index contributed by atoms with van der Waals surface area (Å²) in [6, 6.07) is 0. The van der Waals surface area contributed by atoms with Crippen molar-refractivity contribution in [1.29, 1.82) is 0 Å². The summed E-state index contributed by atoms with van der Waals surface area (Å²) in [7, 11) is 0. The first-order valence-electron chi connectivity index (χ1n) is 4.92. The minimum atomic E-state index is -0.877. The van der Waals surface area contributed by atoms with Gasteiger partial charge in [0.05, 0.1) is 0 Å². The maximum absolute atomic E-state index is 10.9. The third kappa shape index (κ3) is 2.03. The van der Waals surface area contributed by atoms with Gasteiger partial charge in [-0.05, 0) is 26.2 Å². The average molecular weight is 227 g/mol. The fraction of sp³-hybridized carbons (Fsp3) is 0.600. The molecule has 82 valence electrons. The Morgan fingerprint density at radius 2 is 2.60 bits per heavy atom. The van der Waals surface area contributed by atoms with Crippen LogP contribution < -0.4 is 0 Å². The van der Waals surface area contributed by atoms with Crippen LogP contribution in [0.3, 0.4) is 0 Å². The Morgan fingerprint density at radius 3 is 3.20 bits per heavy atom. The molecule has 1 aliphatic rings. The van der Waals surface area contributed by atoms with Crippen molar-refractivity contribution in [2.45, 2.75) is 37.9 Å². The van der Waals surface area contributed by atoms with Crippen molar-refractivity contribution < 1.29 is 14.6 Å². The van der Waals surface area contributed by atoms with E-state index in [1.54, 1.807) is 6.20 Å². The Hall–Kier alpha value is -0.940. The standard InChI is InChI=1S/C10H13NO3S/c1-10(9-11-5-6-15-9)4-2-3-7(14-10)8(12)13/h5-7H,2-4H2,1H3,(H,12,13). The minimum absolute atomic E-state index is 0.518. The van der Waals surface area contributed by atoms with Gasteiger partial charge in [-0.15, -0.1) is 11.3 Å². The number of aliphatic carboxylic acids is 1. The molecule has 5 heteroatoms. The van der Waals surface area contributed by atoms with E-state index >= 15 is 0 Å².